The molecule has 1 heterocycles. The Morgan fingerprint density at radius 1 is 1.16 bits per heavy atom. The Balaban J connectivity index is 1.95. The van der Waals surface area contributed by atoms with Crippen LogP contribution in [0.3, 0.4) is 0 Å². The predicted molar refractivity (Wildman–Crippen MR) is 78.1 cm³/mol. The van der Waals surface area contributed by atoms with Crippen LogP contribution < -0.4 is 5.32 Å². The lowest BCUT2D eigenvalue weighted by molar-refractivity contribution is 0.420. The first kappa shape index (κ1) is 12.5. The van der Waals surface area contributed by atoms with Gasteiger partial charge in [0.05, 0.1) is 12.8 Å². The van der Waals surface area contributed by atoms with Crippen molar-refractivity contribution in [2.24, 2.45) is 0 Å². The van der Waals surface area contributed by atoms with Gasteiger partial charge in [-0.3, -0.25) is 0 Å². The predicted octanol–water partition coefficient (Wildman–Crippen LogP) is 4.32. The van der Waals surface area contributed by atoms with Gasteiger partial charge in [-0.15, -0.1) is 0 Å². The summed E-state index contributed by atoms with van der Waals surface area (Å²) in [6.07, 6.45) is 5.84. The van der Waals surface area contributed by atoms with Crippen molar-refractivity contribution in [3.63, 3.8) is 0 Å². The molecule has 0 amide bonds. The van der Waals surface area contributed by atoms with Crippen LogP contribution in [0.15, 0.2) is 41.0 Å². The lowest BCUT2D eigenvalue weighted by atomic mass is 9.77. The van der Waals surface area contributed by atoms with Crippen LogP contribution in [0.1, 0.15) is 43.4 Å². The SMILES string of the molecule is CCNCc1occc1-c1ccccc1C1CCC1. The largest absolute Gasteiger partial charge is 0.467 e. The Morgan fingerprint density at radius 2 is 2.00 bits per heavy atom. The second kappa shape index (κ2) is 5.62. The second-order valence-corrected chi connectivity index (χ2v) is 5.25. The molecule has 0 unspecified atom stereocenters. The number of hydrogen-bond acceptors (Lipinski definition) is 2. The fourth-order valence-corrected chi connectivity index (χ4v) is 2.77. The quantitative estimate of drug-likeness (QED) is 0.860. The summed E-state index contributed by atoms with van der Waals surface area (Å²) in [6, 6.07) is 10.9. The maximum absolute atomic E-state index is 5.65. The first-order valence-corrected chi connectivity index (χ1v) is 7.26. The van der Waals surface area contributed by atoms with Gasteiger partial charge in [-0.2, -0.15) is 0 Å². The second-order valence-electron chi connectivity index (χ2n) is 5.25. The van der Waals surface area contributed by atoms with E-state index in [2.05, 4.69) is 42.6 Å². The maximum Gasteiger partial charge on any atom is 0.125 e. The van der Waals surface area contributed by atoms with Crippen molar-refractivity contribution in [2.75, 3.05) is 6.54 Å². The van der Waals surface area contributed by atoms with Crippen molar-refractivity contribution in [3.05, 3.63) is 47.9 Å². The van der Waals surface area contributed by atoms with Crippen LogP contribution in [-0.2, 0) is 6.54 Å². The summed E-state index contributed by atoms with van der Waals surface area (Å²) in [5.41, 5.74) is 4.10. The molecule has 3 rings (SSSR count). The van der Waals surface area contributed by atoms with Gasteiger partial charge < -0.3 is 9.73 Å². The van der Waals surface area contributed by atoms with E-state index in [0.717, 1.165) is 24.8 Å². The van der Waals surface area contributed by atoms with Crippen molar-refractivity contribution in [1.82, 2.24) is 5.32 Å². The summed E-state index contributed by atoms with van der Waals surface area (Å²) < 4.78 is 5.65. The van der Waals surface area contributed by atoms with Crippen LogP contribution in [0, 0.1) is 0 Å². The van der Waals surface area contributed by atoms with E-state index in [1.807, 2.05) is 0 Å². The third kappa shape index (κ3) is 2.45. The van der Waals surface area contributed by atoms with Gasteiger partial charge in [-0.1, -0.05) is 37.6 Å². The molecule has 2 nitrogen and oxygen atoms in total. The molecule has 100 valence electrons. The summed E-state index contributed by atoms with van der Waals surface area (Å²) in [7, 11) is 0. The van der Waals surface area contributed by atoms with Gasteiger partial charge in [0.25, 0.3) is 0 Å². The van der Waals surface area contributed by atoms with Crippen LogP contribution in [0.2, 0.25) is 0 Å². The zero-order valence-corrected chi connectivity index (χ0v) is 11.5. The smallest absolute Gasteiger partial charge is 0.125 e. The zero-order valence-electron chi connectivity index (χ0n) is 11.5. The average Bonchev–Trinajstić information content (AvgIpc) is 2.83. The summed E-state index contributed by atoms with van der Waals surface area (Å²) >= 11 is 0. The van der Waals surface area contributed by atoms with Crippen molar-refractivity contribution in [3.8, 4) is 11.1 Å². The van der Waals surface area contributed by atoms with Gasteiger partial charge in [0.15, 0.2) is 0 Å². The highest BCUT2D eigenvalue weighted by Gasteiger charge is 2.23. The molecule has 1 fully saturated rings. The minimum absolute atomic E-state index is 0.748. The zero-order chi connectivity index (χ0) is 13.1. The Labute approximate surface area is 114 Å². The first-order valence-electron chi connectivity index (χ1n) is 7.26. The van der Waals surface area contributed by atoms with Crippen LogP contribution >= 0.6 is 0 Å². The van der Waals surface area contributed by atoms with Gasteiger partial charge >= 0.3 is 0 Å². The minimum atomic E-state index is 0.748. The monoisotopic (exact) mass is 255 g/mol. The molecule has 1 aromatic heterocycles. The van der Waals surface area contributed by atoms with E-state index >= 15 is 0 Å². The highest BCUT2D eigenvalue weighted by Crippen LogP contribution is 2.41. The van der Waals surface area contributed by atoms with Gasteiger partial charge in [0.2, 0.25) is 0 Å². The average molecular weight is 255 g/mol. The summed E-state index contributed by atoms with van der Waals surface area (Å²) in [4.78, 5) is 0. The highest BCUT2D eigenvalue weighted by molar-refractivity contribution is 5.70. The van der Waals surface area contributed by atoms with E-state index in [1.165, 1.54) is 36.0 Å². The normalized spacial score (nSPS) is 15.4. The minimum Gasteiger partial charge on any atom is -0.467 e. The molecule has 19 heavy (non-hydrogen) atoms. The van der Waals surface area contributed by atoms with Gasteiger partial charge in [0, 0.05) is 5.56 Å². The molecule has 0 aliphatic heterocycles. The Hall–Kier alpha value is -1.54. The molecule has 0 atom stereocenters. The van der Waals surface area contributed by atoms with Gasteiger partial charge in [-0.05, 0) is 42.5 Å². The van der Waals surface area contributed by atoms with Crippen molar-refractivity contribution < 1.29 is 4.42 Å². The van der Waals surface area contributed by atoms with E-state index in [1.54, 1.807) is 6.26 Å². The van der Waals surface area contributed by atoms with Crippen LogP contribution in [0.5, 0.6) is 0 Å². The number of furan rings is 1. The van der Waals surface area contributed by atoms with Crippen LogP contribution in [0.25, 0.3) is 11.1 Å². The molecular formula is C17H21NO. The Bertz CT molecular complexity index is 540. The standard InChI is InChI=1S/C17H21NO/c1-2-18-12-17-16(10-11-19-17)15-9-4-3-8-14(15)13-6-5-7-13/h3-4,8-11,13,18H,2,5-7,12H2,1H3. The van der Waals surface area contributed by atoms with E-state index in [4.69, 9.17) is 4.42 Å². The fraction of sp³-hybridized carbons (Fsp3) is 0.412. The Morgan fingerprint density at radius 3 is 2.74 bits per heavy atom. The maximum atomic E-state index is 5.65. The topological polar surface area (TPSA) is 25.2 Å². The van der Waals surface area contributed by atoms with Crippen molar-refractivity contribution in [2.45, 2.75) is 38.6 Å². The van der Waals surface area contributed by atoms with Crippen LogP contribution in [-0.4, -0.2) is 6.54 Å². The molecule has 1 saturated carbocycles. The molecular weight excluding hydrogens is 234 g/mol. The third-order valence-electron chi connectivity index (χ3n) is 4.08. The molecule has 1 N–H and O–H groups in total. The number of rotatable bonds is 5. The van der Waals surface area contributed by atoms with E-state index in [0.29, 0.717) is 0 Å². The molecule has 0 spiro atoms. The van der Waals surface area contributed by atoms with Crippen molar-refractivity contribution in [1.29, 1.82) is 0 Å². The summed E-state index contributed by atoms with van der Waals surface area (Å²) in [5.74, 6) is 1.80. The fourth-order valence-electron chi connectivity index (χ4n) is 2.77. The third-order valence-corrected chi connectivity index (χ3v) is 4.08. The summed E-state index contributed by atoms with van der Waals surface area (Å²) in [5, 5.41) is 3.34. The molecule has 0 saturated heterocycles. The molecule has 2 heteroatoms. The van der Waals surface area contributed by atoms with Crippen LogP contribution in [0.4, 0.5) is 0 Å². The first-order chi connectivity index (χ1) is 9.40. The van der Waals surface area contributed by atoms with Gasteiger partial charge in [0.1, 0.15) is 5.76 Å². The lowest BCUT2D eigenvalue weighted by Crippen LogP contribution is -2.13. The van der Waals surface area contributed by atoms with E-state index < -0.39 is 0 Å². The van der Waals surface area contributed by atoms with Crippen molar-refractivity contribution >= 4 is 0 Å². The molecule has 1 aliphatic carbocycles. The molecule has 1 aliphatic rings. The van der Waals surface area contributed by atoms with Gasteiger partial charge in [-0.25, -0.2) is 0 Å². The highest BCUT2D eigenvalue weighted by atomic mass is 16.3. The molecule has 2 aromatic rings. The lowest BCUT2D eigenvalue weighted by Gasteiger charge is -2.28. The van der Waals surface area contributed by atoms with E-state index in [9.17, 15) is 0 Å². The number of benzene rings is 1. The molecule has 0 radical (unpaired) electrons. The summed E-state index contributed by atoms with van der Waals surface area (Å²) in [6.45, 7) is 3.88. The van der Waals surface area contributed by atoms with E-state index in [-0.39, 0.29) is 0 Å². The number of nitrogens with one attached hydrogen (secondary N) is 1. The number of hydrogen-bond donors (Lipinski definition) is 1. The molecule has 1 aromatic carbocycles. The molecule has 0 bridgehead atoms. The Kier molecular flexibility index (Phi) is 3.69.